The third-order valence-electron chi connectivity index (χ3n) is 3.44. The molecule has 0 saturated heterocycles. The zero-order valence-corrected chi connectivity index (χ0v) is 13.6. The first-order chi connectivity index (χ1) is 10.4. The van der Waals surface area contributed by atoms with Crippen LogP contribution < -0.4 is 4.18 Å². The lowest BCUT2D eigenvalue weighted by molar-refractivity contribution is -0.147. The third-order valence-corrected chi connectivity index (χ3v) is 3.77. The van der Waals surface area contributed by atoms with Crippen LogP contribution in [0.5, 0.6) is 5.75 Å². The molecule has 7 heteroatoms. The van der Waals surface area contributed by atoms with Gasteiger partial charge in [-0.05, 0) is 43.5 Å². The molecule has 1 atom stereocenters. The van der Waals surface area contributed by atoms with Gasteiger partial charge in [0, 0.05) is 19.6 Å². The Morgan fingerprint density at radius 3 is 2.86 bits per heavy atom. The molecule has 0 spiro atoms. The molecule has 1 aromatic carbocycles. The lowest BCUT2D eigenvalue weighted by Gasteiger charge is -2.28. The molecular formula is C15H21NO5S. The maximum absolute atomic E-state index is 11.6. The van der Waals surface area contributed by atoms with Gasteiger partial charge in [0.2, 0.25) is 0 Å². The molecule has 0 aliphatic carbocycles. The molecule has 0 fully saturated rings. The highest BCUT2D eigenvalue weighted by molar-refractivity contribution is 7.74. The van der Waals surface area contributed by atoms with Crippen LogP contribution in [0.25, 0.3) is 0 Å². The molecule has 1 heterocycles. The van der Waals surface area contributed by atoms with Gasteiger partial charge in [-0.15, -0.1) is 0 Å². The number of esters is 1. The summed E-state index contributed by atoms with van der Waals surface area (Å²) in [4.78, 5) is 13.8. The largest absolute Gasteiger partial charge is 0.463 e. The molecule has 2 rings (SSSR count). The van der Waals surface area contributed by atoms with Crippen molar-refractivity contribution in [2.24, 2.45) is 0 Å². The number of nitrogens with zero attached hydrogens (tertiary/aromatic N) is 1. The molecule has 0 aromatic heterocycles. The fourth-order valence-electron chi connectivity index (χ4n) is 2.48. The monoisotopic (exact) mass is 327 g/mol. The molecule has 22 heavy (non-hydrogen) atoms. The summed E-state index contributed by atoms with van der Waals surface area (Å²) in [6, 6.07) is 5.38. The maximum atomic E-state index is 11.6. The van der Waals surface area contributed by atoms with Crippen molar-refractivity contribution in [3.05, 3.63) is 29.3 Å². The van der Waals surface area contributed by atoms with Crippen molar-refractivity contribution in [1.29, 1.82) is 0 Å². The Labute approximate surface area is 132 Å². The molecule has 0 amide bonds. The van der Waals surface area contributed by atoms with E-state index in [2.05, 4.69) is 4.90 Å². The molecule has 0 bridgehead atoms. The fourth-order valence-corrected chi connectivity index (χ4v) is 2.75. The summed E-state index contributed by atoms with van der Waals surface area (Å²) in [6.07, 6.45) is 1.13. The average Bonchev–Trinajstić information content (AvgIpc) is 2.43. The van der Waals surface area contributed by atoms with E-state index in [0.29, 0.717) is 18.7 Å². The first kappa shape index (κ1) is 16.9. The van der Waals surface area contributed by atoms with E-state index in [1.807, 2.05) is 19.9 Å². The summed E-state index contributed by atoms with van der Waals surface area (Å²) < 4.78 is 29.3. The molecular weight excluding hydrogens is 306 g/mol. The number of carbonyl (C=O) groups excluding carboxylic acids is 1. The Balaban J connectivity index is 1.89. The van der Waals surface area contributed by atoms with Crippen LogP contribution >= 0.6 is 0 Å². The lowest BCUT2D eigenvalue weighted by Crippen LogP contribution is -2.32. The molecule has 122 valence electrons. The fraction of sp³-hybridized carbons (Fsp3) is 0.533. The Morgan fingerprint density at radius 1 is 1.41 bits per heavy atom. The number of hydrogen-bond acceptors (Lipinski definition) is 5. The van der Waals surface area contributed by atoms with Crippen LogP contribution in [0.2, 0.25) is 0 Å². The second-order valence-corrected chi connectivity index (χ2v) is 6.15. The highest BCUT2D eigenvalue weighted by atomic mass is 32.2. The first-order valence-electron chi connectivity index (χ1n) is 7.27. The van der Waals surface area contributed by atoms with Crippen LogP contribution in [0.15, 0.2) is 18.2 Å². The van der Waals surface area contributed by atoms with E-state index in [9.17, 15) is 9.00 Å². The van der Waals surface area contributed by atoms with Gasteiger partial charge in [-0.25, -0.2) is 0 Å². The minimum absolute atomic E-state index is 0.0786. The summed E-state index contributed by atoms with van der Waals surface area (Å²) in [7, 11) is 0. The minimum Gasteiger partial charge on any atom is -0.463 e. The number of ether oxygens (including phenoxy) is 1. The minimum atomic E-state index is -2.30. The van der Waals surface area contributed by atoms with E-state index < -0.39 is 11.4 Å². The van der Waals surface area contributed by atoms with Crippen molar-refractivity contribution in [1.82, 2.24) is 4.90 Å². The Morgan fingerprint density at radius 2 is 2.18 bits per heavy atom. The number of carbonyl (C=O) groups is 1. The molecule has 0 saturated carbocycles. The zero-order chi connectivity index (χ0) is 16.1. The van der Waals surface area contributed by atoms with Gasteiger partial charge in [-0.2, -0.15) is 4.21 Å². The summed E-state index contributed by atoms with van der Waals surface area (Å²) in [6.45, 7) is 5.95. The van der Waals surface area contributed by atoms with Crippen LogP contribution in [-0.4, -0.2) is 38.8 Å². The van der Waals surface area contributed by atoms with Crippen molar-refractivity contribution in [2.75, 3.05) is 13.1 Å². The number of fused-ring (bicyclic) bond motifs is 1. The van der Waals surface area contributed by atoms with Gasteiger partial charge in [-0.3, -0.25) is 14.2 Å². The molecule has 6 nitrogen and oxygen atoms in total. The van der Waals surface area contributed by atoms with E-state index >= 15 is 0 Å². The van der Waals surface area contributed by atoms with Crippen LogP contribution in [0, 0.1) is 0 Å². The molecule has 1 aliphatic rings. The SMILES string of the molecule is CC(C)OC(=O)CCN1CCc2cc(OS(=O)O)ccc2C1. The predicted molar refractivity (Wildman–Crippen MR) is 82.7 cm³/mol. The smallest absolute Gasteiger partial charge is 0.357 e. The number of rotatable bonds is 6. The first-order valence-corrected chi connectivity index (χ1v) is 8.30. The standard InChI is InChI=1S/C15H21NO5S/c1-11(2)20-15(17)6-8-16-7-5-12-9-14(21-22(18)19)4-3-13(12)10-16/h3-4,9,11H,5-8,10H2,1-2H3,(H,18,19). The van der Waals surface area contributed by atoms with Crippen LogP contribution in [0.4, 0.5) is 0 Å². The van der Waals surface area contributed by atoms with E-state index in [-0.39, 0.29) is 12.1 Å². The van der Waals surface area contributed by atoms with Gasteiger partial charge < -0.3 is 8.92 Å². The molecule has 0 radical (unpaired) electrons. The summed E-state index contributed by atoms with van der Waals surface area (Å²) >= 11 is -2.30. The second kappa shape index (κ2) is 7.71. The van der Waals surface area contributed by atoms with Gasteiger partial charge in [0.25, 0.3) is 0 Å². The van der Waals surface area contributed by atoms with Crippen LogP contribution in [-0.2, 0) is 33.9 Å². The third kappa shape index (κ3) is 5.08. The quantitative estimate of drug-likeness (QED) is 0.635. The second-order valence-electron chi connectivity index (χ2n) is 5.55. The average molecular weight is 327 g/mol. The zero-order valence-electron chi connectivity index (χ0n) is 12.8. The predicted octanol–water partition coefficient (Wildman–Crippen LogP) is 1.90. The van der Waals surface area contributed by atoms with Gasteiger partial charge in [-0.1, -0.05) is 6.07 Å². The van der Waals surface area contributed by atoms with Crippen molar-refractivity contribution in [3.8, 4) is 5.75 Å². The van der Waals surface area contributed by atoms with Crippen molar-refractivity contribution in [3.63, 3.8) is 0 Å². The Hall–Kier alpha value is -1.44. The van der Waals surface area contributed by atoms with E-state index in [4.69, 9.17) is 13.5 Å². The Bertz CT molecular complexity index is 561. The highest BCUT2D eigenvalue weighted by Crippen LogP contribution is 2.24. The van der Waals surface area contributed by atoms with Gasteiger partial charge >= 0.3 is 17.3 Å². The van der Waals surface area contributed by atoms with Crippen LogP contribution in [0.3, 0.4) is 0 Å². The van der Waals surface area contributed by atoms with Crippen molar-refractivity contribution >= 4 is 17.3 Å². The molecule has 1 aliphatic heterocycles. The van der Waals surface area contributed by atoms with Gasteiger partial charge in [0.15, 0.2) is 0 Å². The number of hydrogen-bond donors (Lipinski definition) is 1. The molecule has 1 unspecified atom stereocenters. The number of benzene rings is 1. The molecule has 1 N–H and O–H groups in total. The summed E-state index contributed by atoms with van der Waals surface area (Å²) in [5.74, 6) is 0.225. The molecule has 1 aromatic rings. The van der Waals surface area contributed by atoms with Crippen molar-refractivity contribution in [2.45, 2.75) is 39.3 Å². The maximum Gasteiger partial charge on any atom is 0.357 e. The Kier molecular flexibility index (Phi) is 5.93. The van der Waals surface area contributed by atoms with Gasteiger partial charge in [0.05, 0.1) is 12.5 Å². The van der Waals surface area contributed by atoms with Crippen molar-refractivity contribution < 1.29 is 22.5 Å². The van der Waals surface area contributed by atoms with E-state index in [1.54, 1.807) is 12.1 Å². The summed E-state index contributed by atoms with van der Waals surface area (Å²) in [5.41, 5.74) is 2.27. The van der Waals surface area contributed by atoms with Crippen LogP contribution in [0.1, 0.15) is 31.4 Å². The summed E-state index contributed by atoms with van der Waals surface area (Å²) in [5, 5.41) is 0. The van der Waals surface area contributed by atoms with E-state index in [0.717, 1.165) is 30.6 Å². The topological polar surface area (TPSA) is 76.1 Å². The highest BCUT2D eigenvalue weighted by Gasteiger charge is 2.18. The van der Waals surface area contributed by atoms with Gasteiger partial charge in [0.1, 0.15) is 5.75 Å². The normalized spacial score (nSPS) is 16.2. The lowest BCUT2D eigenvalue weighted by atomic mass is 9.99. The van der Waals surface area contributed by atoms with E-state index in [1.165, 1.54) is 0 Å².